The molecule has 3 N–H and O–H groups in total. The first-order valence-electron chi connectivity index (χ1n) is 6.14. The summed E-state index contributed by atoms with van der Waals surface area (Å²) in [6.07, 6.45) is 7.43. The molecule has 0 aromatic carbocycles. The van der Waals surface area contributed by atoms with Crippen molar-refractivity contribution in [3.05, 3.63) is 17.2 Å². The van der Waals surface area contributed by atoms with Gasteiger partial charge in [-0.1, -0.05) is 0 Å². The molecule has 82 valence electrons. The average Bonchev–Trinajstić information content (AvgIpc) is 2.99. The first-order valence-corrected chi connectivity index (χ1v) is 6.14. The minimum atomic E-state index is 0.753. The van der Waals surface area contributed by atoms with E-state index in [1.165, 1.54) is 42.9 Å². The summed E-state index contributed by atoms with van der Waals surface area (Å²) in [4.78, 5) is 8.25. The van der Waals surface area contributed by atoms with E-state index in [0.717, 1.165) is 31.2 Å². The number of nitrogens with two attached hydrogens (primary N) is 1. The maximum Gasteiger partial charge on any atom is 0.109 e. The van der Waals surface area contributed by atoms with E-state index in [-0.39, 0.29) is 0 Å². The first-order chi connectivity index (χ1) is 7.36. The molecule has 1 fully saturated rings. The van der Waals surface area contributed by atoms with Gasteiger partial charge in [-0.2, -0.15) is 0 Å². The molecule has 0 bridgehead atoms. The number of imidazole rings is 1. The van der Waals surface area contributed by atoms with E-state index in [1.807, 2.05) is 0 Å². The fourth-order valence-corrected chi connectivity index (χ4v) is 2.61. The van der Waals surface area contributed by atoms with Gasteiger partial charge in [0.25, 0.3) is 0 Å². The van der Waals surface area contributed by atoms with Crippen molar-refractivity contribution in [2.24, 2.45) is 11.7 Å². The van der Waals surface area contributed by atoms with Crippen molar-refractivity contribution in [2.75, 3.05) is 6.54 Å². The van der Waals surface area contributed by atoms with Crippen LogP contribution in [0.25, 0.3) is 0 Å². The summed E-state index contributed by atoms with van der Waals surface area (Å²) < 4.78 is 0. The van der Waals surface area contributed by atoms with E-state index in [2.05, 4.69) is 4.98 Å². The molecule has 3 heteroatoms. The third-order valence-corrected chi connectivity index (χ3v) is 3.70. The molecule has 0 radical (unpaired) electrons. The van der Waals surface area contributed by atoms with Gasteiger partial charge in [0, 0.05) is 11.6 Å². The fourth-order valence-electron chi connectivity index (χ4n) is 2.61. The highest BCUT2D eigenvalue weighted by molar-refractivity contribution is 5.22. The molecular weight excluding hydrogens is 186 g/mol. The Labute approximate surface area is 90.5 Å². The minimum Gasteiger partial charge on any atom is -0.345 e. The van der Waals surface area contributed by atoms with Crippen molar-refractivity contribution >= 4 is 0 Å². The second kappa shape index (κ2) is 3.63. The second-order valence-corrected chi connectivity index (χ2v) is 5.01. The SMILES string of the molecule is NCCC1CCc2nc(C3CC3)[nH]c2C1. The zero-order chi connectivity index (χ0) is 10.3. The lowest BCUT2D eigenvalue weighted by molar-refractivity contribution is 0.426. The molecule has 2 aliphatic carbocycles. The van der Waals surface area contributed by atoms with Crippen LogP contribution < -0.4 is 5.73 Å². The lowest BCUT2D eigenvalue weighted by atomic mass is 9.87. The summed E-state index contributed by atoms with van der Waals surface area (Å²) in [6.45, 7) is 0.823. The molecule has 3 nitrogen and oxygen atoms in total. The zero-order valence-corrected chi connectivity index (χ0v) is 9.13. The number of aromatic nitrogens is 2. The zero-order valence-electron chi connectivity index (χ0n) is 9.13. The summed E-state index contributed by atoms with van der Waals surface area (Å²) in [5.41, 5.74) is 8.36. The molecule has 1 atom stereocenters. The Bertz CT molecular complexity index is 352. The number of aryl methyl sites for hydroxylation is 1. The van der Waals surface area contributed by atoms with Gasteiger partial charge < -0.3 is 10.7 Å². The molecule has 0 aliphatic heterocycles. The average molecular weight is 205 g/mol. The predicted molar refractivity (Wildman–Crippen MR) is 59.7 cm³/mol. The Balaban J connectivity index is 1.76. The van der Waals surface area contributed by atoms with Gasteiger partial charge in [-0.3, -0.25) is 0 Å². The molecule has 3 rings (SSSR count). The quantitative estimate of drug-likeness (QED) is 0.789. The molecule has 1 saturated carbocycles. The number of hydrogen-bond donors (Lipinski definition) is 2. The number of aromatic amines is 1. The van der Waals surface area contributed by atoms with Crippen LogP contribution in [0, 0.1) is 5.92 Å². The number of H-pyrrole nitrogens is 1. The van der Waals surface area contributed by atoms with Crippen molar-refractivity contribution in [3.63, 3.8) is 0 Å². The molecule has 0 spiro atoms. The topological polar surface area (TPSA) is 54.7 Å². The maximum atomic E-state index is 5.62. The molecule has 0 saturated heterocycles. The lowest BCUT2D eigenvalue weighted by Gasteiger charge is -2.20. The van der Waals surface area contributed by atoms with Gasteiger partial charge in [0.15, 0.2) is 0 Å². The normalized spacial score (nSPS) is 25.3. The second-order valence-electron chi connectivity index (χ2n) is 5.01. The van der Waals surface area contributed by atoms with E-state index in [4.69, 9.17) is 10.7 Å². The number of rotatable bonds is 3. The Morgan fingerprint density at radius 2 is 2.20 bits per heavy atom. The van der Waals surface area contributed by atoms with Crippen LogP contribution in [-0.4, -0.2) is 16.5 Å². The molecule has 1 unspecified atom stereocenters. The highest BCUT2D eigenvalue weighted by Crippen LogP contribution is 2.39. The highest BCUT2D eigenvalue weighted by Gasteiger charge is 2.29. The largest absolute Gasteiger partial charge is 0.345 e. The van der Waals surface area contributed by atoms with E-state index < -0.39 is 0 Å². The van der Waals surface area contributed by atoms with Crippen LogP contribution in [0.15, 0.2) is 0 Å². The van der Waals surface area contributed by atoms with Crippen molar-refractivity contribution in [3.8, 4) is 0 Å². The Hall–Kier alpha value is -0.830. The van der Waals surface area contributed by atoms with Crippen LogP contribution in [0.4, 0.5) is 0 Å². The summed E-state index contributed by atoms with van der Waals surface area (Å²) >= 11 is 0. The predicted octanol–water partition coefficient (Wildman–Crippen LogP) is 1.74. The molecule has 15 heavy (non-hydrogen) atoms. The number of fused-ring (bicyclic) bond motifs is 1. The van der Waals surface area contributed by atoms with E-state index in [0.29, 0.717) is 0 Å². The van der Waals surface area contributed by atoms with Gasteiger partial charge in [-0.05, 0) is 51.0 Å². The minimum absolute atomic E-state index is 0.753. The van der Waals surface area contributed by atoms with E-state index in [9.17, 15) is 0 Å². The van der Waals surface area contributed by atoms with E-state index >= 15 is 0 Å². The molecule has 0 amide bonds. The molecule has 1 heterocycles. The van der Waals surface area contributed by atoms with Crippen molar-refractivity contribution in [1.82, 2.24) is 9.97 Å². The summed E-state index contributed by atoms with van der Waals surface area (Å²) in [5, 5.41) is 0. The third kappa shape index (κ3) is 1.81. The van der Waals surface area contributed by atoms with Gasteiger partial charge in [-0.15, -0.1) is 0 Å². The Morgan fingerprint density at radius 1 is 1.33 bits per heavy atom. The van der Waals surface area contributed by atoms with Gasteiger partial charge in [0.1, 0.15) is 5.82 Å². The van der Waals surface area contributed by atoms with E-state index in [1.54, 1.807) is 0 Å². The third-order valence-electron chi connectivity index (χ3n) is 3.70. The Morgan fingerprint density at radius 3 is 2.93 bits per heavy atom. The molecular formula is C12H19N3. The number of hydrogen-bond acceptors (Lipinski definition) is 2. The summed E-state index contributed by atoms with van der Waals surface area (Å²) in [5.74, 6) is 2.80. The van der Waals surface area contributed by atoms with Crippen LogP contribution in [0.5, 0.6) is 0 Å². The van der Waals surface area contributed by atoms with Crippen LogP contribution >= 0.6 is 0 Å². The van der Waals surface area contributed by atoms with Gasteiger partial charge >= 0.3 is 0 Å². The number of nitrogens with zero attached hydrogens (tertiary/aromatic N) is 1. The Kier molecular flexibility index (Phi) is 2.28. The maximum absolute atomic E-state index is 5.62. The highest BCUT2D eigenvalue weighted by atomic mass is 15.0. The standard InChI is InChI=1S/C12H19N3/c13-6-5-8-1-4-10-11(7-8)15-12(14-10)9-2-3-9/h8-9H,1-7,13H2,(H,14,15). The molecule has 1 aromatic rings. The van der Waals surface area contributed by atoms with Gasteiger partial charge in [0.05, 0.1) is 5.69 Å². The molecule has 1 aromatic heterocycles. The van der Waals surface area contributed by atoms with Crippen LogP contribution in [0.3, 0.4) is 0 Å². The van der Waals surface area contributed by atoms with Crippen molar-refractivity contribution in [2.45, 2.75) is 44.4 Å². The smallest absolute Gasteiger partial charge is 0.109 e. The van der Waals surface area contributed by atoms with Crippen molar-refractivity contribution < 1.29 is 0 Å². The summed E-state index contributed by atoms with van der Waals surface area (Å²) in [7, 11) is 0. The number of nitrogens with one attached hydrogen (secondary N) is 1. The van der Waals surface area contributed by atoms with Crippen LogP contribution in [0.1, 0.15) is 48.8 Å². The van der Waals surface area contributed by atoms with Crippen molar-refractivity contribution in [1.29, 1.82) is 0 Å². The fraction of sp³-hybridized carbons (Fsp3) is 0.750. The molecule has 2 aliphatic rings. The first kappa shape index (κ1) is 9.40. The lowest BCUT2D eigenvalue weighted by Crippen LogP contribution is -2.17. The van der Waals surface area contributed by atoms with Crippen LogP contribution in [-0.2, 0) is 12.8 Å². The van der Waals surface area contributed by atoms with Gasteiger partial charge in [-0.25, -0.2) is 4.98 Å². The monoisotopic (exact) mass is 205 g/mol. The van der Waals surface area contributed by atoms with Crippen LogP contribution in [0.2, 0.25) is 0 Å². The van der Waals surface area contributed by atoms with Gasteiger partial charge in [0.2, 0.25) is 0 Å². The summed E-state index contributed by atoms with van der Waals surface area (Å²) in [6, 6.07) is 0.